The maximum atomic E-state index is 13.9. The minimum Gasteiger partial charge on any atom is -0.394 e. The van der Waals surface area contributed by atoms with E-state index in [0.717, 1.165) is 12.0 Å². The van der Waals surface area contributed by atoms with Gasteiger partial charge < -0.3 is 20.6 Å². The Bertz CT molecular complexity index is 902. The normalized spacial score (nSPS) is 32.0. The molecule has 1 aromatic carbocycles. The molecule has 0 aromatic heterocycles. The molecule has 1 spiro atoms. The van der Waals surface area contributed by atoms with E-state index < -0.39 is 34.2 Å². The summed E-state index contributed by atoms with van der Waals surface area (Å²) < 4.78 is -0.641. The van der Waals surface area contributed by atoms with Crippen molar-refractivity contribution in [3.8, 4) is 0 Å². The number of amides is 3. The zero-order valence-electron chi connectivity index (χ0n) is 19.1. The first-order valence-corrected chi connectivity index (χ1v) is 12.2. The Labute approximate surface area is 193 Å². The summed E-state index contributed by atoms with van der Waals surface area (Å²) in [5, 5.41) is 16.2. The molecule has 0 radical (unpaired) electrons. The van der Waals surface area contributed by atoms with E-state index in [1.165, 1.54) is 0 Å². The van der Waals surface area contributed by atoms with Crippen LogP contribution in [0, 0.1) is 11.8 Å². The molecule has 2 bridgehead atoms. The molecule has 6 atom stereocenters. The summed E-state index contributed by atoms with van der Waals surface area (Å²) in [5.41, 5.74) is 0.527. The molecule has 7 nitrogen and oxygen atoms in total. The lowest BCUT2D eigenvalue weighted by Crippen LogP contribution is -2.59. The van der Waals surface area contributed by atoms with Crippen molar-refractivity contribution in [3.05, 3.63) is 35.9 Å². The monoisotopic (exact) mass is 459 g/mol. The number of aliphatic hydroxyl groups excluding tert-OH is 1. The van der Waals surface area contributed by atoms with Gasteiger partial charge in [0.2, 0.25) is 17.7 Å². The summed E-state index contributed by atoms with van der Waals surface area (Å²) in [5.74, 6) is -1.52. The lowest BCUT2D eigenvalue weighted by Gasteiger charge is -2.38. The van der Waals surface area contributed by atoms with Crippen LogP contribution in [-0.2, 0) is 20.8 Å². The Morgan fingerprint density at radius 3 is 2.53 bits per heavy atom. The highest BCUT2D eigenvalue weighted by Gasteiger charge is 2.74. The third-order valence-electron chi connectivity index (χ3n) is 6.95. The number of hydrogen-bond acceptors (Lipinski definition) is 5. The van der Waals surface area contributed by atoms with Crippen LogP contribution in [0.25, 0.3) is 0 Å². The standard InChI is InChI=1S/C24H33N3O4S/c1-23(2,3)26-21(30)19-24-11-10-16(32-24)17(20(29)25-4)18(24)22(31)27(19)15(13-28)12-14-8-6-5-7-9-14/h5-9,15-19,28H,10-13H2,1-4H3,(H,25,29)(H,26,30)/t15-,16+,17-,18+,19?,24?/m1/s1. The number of rotatable bonds is 6. The highest BCUT2D eigenvalue weighted by atomic mass is 32.2. The van der Waals surface area contributed by atoms with Crippen LogP contribution in [0.5, 0.6) is 0 Å². The Morgan fingerprint density at radius 2 is 1.94 bits per heavy atom. The summed E-state index contributed by atoms with van der Waals surface area (Å²) in [7, 11) is 1.60. The lowest BCUT2D eigenvalue weighted by atomic mass is 9.70. The van der Waals surface area contributed by atoms with Gasteiger partial charge in [-0.25, -0.2) is 0 Å². The molecular weight excluding hydrogens is 426 g/mol. The Balaban J connectivity index is 1.76. The maximum Gasteiger partial charge on any atom is 0.244 e. The summed E-state index contributed by atoms with van der Waals surface area (Å²) in [6, 6.07) is 8.43. The number of carbonyl (C=O) groups excluding carboxylic acids is 3. The van der Waals surface area contributed by atoms with Crippen molar-refractivity contribution in [2.75, 3.05) is 13.7 Å². The first-order chi connectivity index (χ1) is 15.1. The molecule has 8 heteroatoms. The highest BCUT2D eigenvalue weighted by Crippen LogP contribution is 2.66. The van der Waals surface area contributed by atoms with Crippen LogP contribution in [0.4, 0.5) is 0 Å². The number of fused-ring (bicyclic) bond motifs is 1. The van der Waals surface area contributed by atoms with Crippen LogP contribution in [0.15, 0.2) is 30.3 Å². The van der Waals surface area contributed by atoms with Gasteiger partial charge in [0.15, 0.2) is 0 Å². The fourth-order valence-corrected chi connectivity index (χ4v) is 8.03. The zero-order valence-corrected chi connectivity index (χ0v) is 19.9. The second-order valence-electron chi connectivity index (χ2n) is 10.2. The lowest BCUT2D eigenvalue weighted by molar-refractivity contribution is -0.143. The third-order valence-corrected chi connectivity index (χ3v) is 8.90. The van der Waals surface area contributed by atoms with Crippen molar-refractivity contribution in [2.24, 2.45) is 11.8 Å². The van der Waals surface area contributed by atoms with Crippen molar-refractivity contribution < 1.29 is 19.5 Å². The van der Waals surface area contributed by atoms with Crippen LogP contribution in [0.3, 0.4) is 0 Å². The van der Waals surface area contributed by atoms with Crippen molar-refractivity contribution in [1.82, 2.24) is 15.5 Å². The van der Waals surface area contributed by atoms with Crippen LogP contribution < -0.4 is 10.6 Å². The van der Waals surface area contributed by atoms with Gasteiger partial charge in [0.05, 0.1) is 29.2 Å². The minimum atomic E-state index is -0.718. The second kappa shape index (κ2) is 8.37. The average molecular weight is 460 g/mol. The fraction of sp³-hybridized carbons (Fsp3) is 0.625. The van der Waals surface area contributed by atoms with Gasteiger partial charge in [-0.3, -0.25) is 14.4 Å². The Morgan fingerprint density at radius 1 is 1.25 bits per heavy atom. The van der Waals surface area contributed by atoms with Gasteiger partial charge in [-0.05, 0) is 45.6 Å². The maximum absolute atomic E-state index is 13.9. The fourth-order valence-electron chi connectivity index (χ4n) is 5.83. The molecular formula is C24H33N3O4S. The minimum absolute atomic E-state index is 0.0395. The second-order valence-corrected chi connectivity index (χ2v) is 11.8. The Kier molecular flexibility index (Phi) is 6.05. The van der Waals surface area contributed by atoms with Gasteiger partial charge in [-0.1, -0.05) is 30.3 Å². The smallest absolute Gasteiger partial charge is 0.244 e. The van der Waals surface area contributed by atoms with E-state index in [9.17, 15) is 19.5 Å². The molecule has 3 aliphatic rings. The van der Waals surface area contributed by atoms with Crippen LogP contribution in [-0.4, -0.2) is 69.0 Å². The van der Waals surface area contributed by atoms with E-state index in [1.807, 2.05) is 51.1 Å². The number of hydrogen-bond donors (Lipinski definition) is 3. The Hall–Kier alpha value is -2.06. The molecule has 32 heavy (non-hydrogen) atoms. The number of benzene rings is 1. The van der Waals surface area contributed by atoms with E-state index in [1.54, 1.807) is 23.7 Å². The quantitative estimate of drug-likeness (QED) is 0.596. The van der Waals surface area contributed by atoms with Crippen molar-refractivity contribution in [3.63, 3.8) is 0 Å². The first-order valence-electron chi connectivity index (χ1n) is 11.3. The van der Waals surface area contributed by atoms with E-state index in [2.05, 4.69) is 10.6 Å². The first kappa shape index (κ1) is 23.1. The number of nitrogens with one attached hydrogen (secondary N) is 2. The van der Waals surface area contributed by atoms with Gasteiger partial charge in [0, 0.05) is 17.8 Å². The van der Waals surface area contributed by atoms with Crippen molar-refractivity contribution in [2.45, 2.75) is 67.7 Å². The SMILES string of the molecule is CNC(=O)[C@@H]1[C@@H]2CCC3(S2)C(C(=O)NC(C)(C)C)N([C@@H](CO)Cc2ccccc2)C(=O)[C@H]13. The highest BCUT2D eigenvalue weighted by molar-refractivity contribution is 8.02. The number of aliphatic hydroxyl groups is 1. The van der Waals surface area contributed by atoms with Gasteiger partial charge in [-0.15, -0.1) is 11.8 Å². The summed E-state index contributed by atoms with van der Waals surface area (Å²) >= 11 is 1.64. The van der Waals surface area contributed by atoms with E-state index in [4.69, 9.17) is 0 Å². The number of likely N-dealkylation sites (tertiary alicyclic amines) is 1. The number of thioether (sulfide) groups is 1. The average Bonchev–Trinajstić information content (AvgIpc) is 3.38. The van der Waals surface area contributed by atoms with Crippen molar-refractivity contribution in [1.29, 1.82) is 0 Å². The molecule has 4 rings (SSSR count). The molecule has 3 N–H and O–H groups in total. The van der Waals surface area contributed by atoms with Gasteiger partial charge in [0.25, 0.3) is 0 Å². The molecule has 174 valence electrons. The third kappa shape index (κ3) is 3.71. The van der Waals surface area contributed by atoms with Gasteiger partial charge in [-0.2, -0.15) is 0 Å². The largest absolute Gasteiger partial charge is 0.394 e. The molecule has 3 amide bonds. The molecule has 2 unspecified atom stereocenters. The predicted octanol–water partition coefficient (Wildman–Crippen LogP) is 1.34. The van der Waals surface area contributed by atoms with E-state index in [0.29, 0.717) is 12.8 Å². The molecule has 3 heterocycles. The molecule has 0 aliphatic carbocycles. The van der Waals surface area contributed by atoms with Crippen LogP contribution in [0.2, 0.25) is 0 Å². The molecule has 0 saturated carbocycles. The van der Waals surface area contributed by atoms with Gasteiger partial charge in [0.1, 0.15) is 6.04 Å². The van der Waals surface area contributed by atoms with E-state index >= 15 is 0 Å². The van der Waals surface area contributed by atoms with Crippen LogP contribution in [0.1, 0.15) is 39.2 Å². The molecule has 3 aliphatic heterocycles. The number of nitrogens with zero attached hydrogens (tertiary/aromatic N) is 1. The van der Waals surface area contributed by atoms with Crippen molar-refractivity contribution >= 4 is 29.5 Å². The molecule has 3 fully saturated rings. The van der Waals surface area contributed by atoms with Gasteiger partial charge >= 0.3 is 0 Å². The van der Waals surface area contributed by atoms with Crippen LogP contribution >= 0.6 is 11.8 Å². The van der Waals surface area contributed by atoms with E-state index in [-0.39, 0.29) is 29.6 Å². The molecule has 1 aromatic rings. The predicted molar refractivity (Wildman–Crippen MR) is 124 cm³/mol. The molecule has 3 saturated heterocycles. The summed E-state index contributed by atoms with van der Waals surface area (Å²) in [4.78, 5) is 42.0. The number of carbonyl (C=O) groups is 3. The summed E-state index contributed by atoms with van der Waals surface area (Å²) in [6.07, 6.45) is 1.97. The zero-order chi connectivity index (χ0) is 23.3. The topological polar surface area (TPSA) is 98.7 Å². The summed E-state index contributed by atoms with van der Waals surface area (Å²) in [6.45, 7) is 5.51.